The molecule has 1 aliphatic rings. The summed E-state index contributed by atoms with van der Waals surface area (Å²) < 4.78 is 1.30. The van der Waals surface area contributed by atoms with Gasteiger partial charge in [-0.2, -0.15) is 11.8 Å². The maximum absolute atomic E-state index is 11.0. The van der Waals surface area contributed by atoms with E-state index in [9.17, 15) is 10.1 Å². The Morgan fingerprint density at radius 3 is 2.70 bits per heavy atom. The lowest BCUT2D eigenvalue weighted by Gasteiger charge is -2.34. The topological polar surface area (TPSA) is 76.6 Å². The van der Waals surface area contributed by atoms with Crippen LogP contribution in [0.15, 0.2) is 18.3 Å². The van der Waals surface area contributed by atoms with Gasteiger partial charge in [-0.3, -0.25) is 0 Å². The molecule has 3 rings (SSSR count). The maximum atomic E-state index is 11.0. The molecule has 1 fully saturated rings. The van der Waals surface area contributed by atoms with Gasteiger partial charge in [0.05, 0.1) is 0 Å². The summed E-state index contributed by atoms with van der Waals surface area (Å²) in [5, 5.41) is 16.4. The first-order valence-corrected chi connectivity index (χ1v) is 7.38. The third-order valence-electron chi connectivity index (χ3n) is 3.26. The molecule has 106 valence electrons. The monoisotopic (exact) mass is 293 g/mol. The Labute approximate surface area is 120 Å². The standard InChI is InChI=1S/C12H15N5O2S/c1-8-6-15(7-9(2)20-8)11-4-3-10-13-5-12(17(18)19)16(10)14-11/h3-5,8-9H,6-7H2,1-2H3/t8-,9+. The number of nitrogens with zero attached hydrogens (tertiary/aromatic N) is 5. The van der Waals surface area contributed by atoms with Crippen LogP contribution >= 0.6 is 11.8 Å². The summed E-state index contributed by atoms with van der Waals surface area (Å²) in [6, 6.07) is 3.65. The van der Waals surface area contributed by atoms with Gasteiger partial charge >= 0.3 is 5.82 Å². The zero-order valence-electron chi connectivity index (χ0n) is 11.3. The molecule has 1 aliphatic heterocycles. The third-order valence-corrected chi connectivity index (χ3v) is 4.49. The summed E-state index contributed by atoms with van der Waals surface area (Å²) in [5.74, 6) is 0.659. The summed E-state index contributed by atoms with van der Waals surface area (Å²) in [4.78, 5) is 16.7. The molecule has 0 saturated carbocycles. The molecule has 0 amide bonds. The van der Waals surface area contributed by atoms with E-state index in [4.69, 9.17) is 0 Å². The predicted molar refractivity (Wildman–Crippen MR) is 78.4 cm³/mol. The highest BCUT2D eigenvalue weighted by atomic mass is 32.2. The molecule has 0 radical (unpaired) electrons. The fourth-order valence-electron chi connectivity index (χ4n) is 2.51. The Morgan fingerprint density at radius 1 is 1.35 bits per heavy atom. The Morgan fingerprint density at radius 2 is 2.05 bits per heavy atom. The molecule has 8 heteroatoms. The maximum Gasteiger partial charge on any atom is 0.368 e. The first-order valence-electron chi connectivity index (χ1n) is 6.44. The Hall–Kier alpha value is -1.83. The lowest BCUT2D eigenvalue weighted by atomic mass is 10.3. The number of nitro groups is 1. The number of hydrogen-bond acceptors (Lipinski definition) is 6. The normalized spacial score (nSPS) is 23.2. The van der Waals surface area contributed by atoms with E-state index in [0.717, 1.165) is 18.9 Å². The lowest BCUT2D eigenvalue weighted by Crippen LogP contribution is -2.41. The molecule has 0 aliphatic carbocycles. The number of rotatable bonds is 2. The lowest BCUT2D eigenvalue weighted by molar-refractivity contribution is -0.391. The van der Waals surface area contributed by atoms with Gasteiger partial charge in [-0.25, -0.2) is 4.98 Å². The van der Waals surface area contributed by atoms with Gasteiger partial charge in [0.2, 0.25) is 5.65 Å². The summed E-state index contributed by atoms with van der Waals surface area (Å²) in [5.41, 5.74) is 0.493. The van der Waals surface area contributed by atoms with Crippen molar-refractivity contribution in [2.75, 3.05) is 18.0 Å². The number of anilines is 1. The highest BCUT2D eigenvalue weighted by Gasteiger charge is 2.25. The van der Waals surface area contributed by atoms with Gasteiger partial charge in [-0.15, -0.1) is 0 Å². The van der Waals surface area contributed by atoms with Crippen molar-refractivity contribution >= 4 is 29.0 Å². The van der Waals surface area contributed by atoms with Gasteiger partial charge in [-0.1, -0.05) is 23.5 Å². The first-order chi connectivity index (χ1) is 9.54. The molecule has 2 aromatic heterocycles. The molecule has 3 heterocycles. The van der Waals surface area contributed by atoms with E-state index < -0.39 is 4.92 Å². The highest BCUT2D eigenvalue weighted by Crippen LogP contribution is 2.28. The van der Waals surface area contributed by atoms with Crippen LogP contribution < -0.4 is 4.90 Å². The first kappa shape index (κ1) is 13.2. The van der Waals surface area contributed by atoms with Crippen LogP contribution in [0.2, 0.25) is 0 Å². The molecule has 7 nitrogen and oxygen atoms in total. The molecule has 2 aromatic rings. The Kier molecular flexibility index (Phi) is 3.25. The van der Waals surface area contributed by atoms with E-state index in [1.54, 1.807) is 6.07 Å². The molecular weight excluding hydrogens is 278 g/mol. The molecular formula is C12H15N5O2S. The van der Waals surface area contributed by atoms with Crippen LogP contribution in [0, 0.1) is 10.1 Å². The van der Waals surface area contributed by atoms with Crippen molar-refractivity contribution < 1.29 is 4.92 Å². The van der Waals surface area contributed by atoms with Crippen molar-refractivity contribution in [3.8, 4) is 0 Å². The van der Waals surface area contributed by atoms with Crippen molar-refractivity contribution in [3.05, 3.63) is 28.4 Å². The molecule has 20 heavy (non-hydrogen) atoms. The second kappa shape index (κ2) is 4.93. The molecule has 1 saturated heterocycles. The number of imidazole rings is 1. The van der Waals surface area contributed by atoms with Crippen molar-refractivity contribution in [2.24, 2.45) is 0 Å². The molecule has 2 atom stereocenters. The minimum atomic E-state index is -0.464. The Balaban J connectivity index is 1.99. The van der Waals surface area contributed by atoms with Gasteiger partial charge in [0.1, 0.15) is 6.20 Å². The average molecular weight is 293 g/mol. The van der Waals surface area contributed by atoms with Crippen LogP contribution in [0.25, 0.3) is 5.65 Å². The van der Waals surface area contributed by atoms with E-state index in [1.165, 1.54) is 10.7 Å². The average Bonchev–Trinajstić information content (AvgIpc) is 2.80. The number of thioether (sulfide) groups is 1. The van der Waals surface area contributed by atoms with Crippen molar-refractivity contribution in [1.29, 1.82) is 0 Å². The largest absolute Gasteiger partial charge is 0.368 e. The van der Waals surface area contributed by atoms with Crippen LogP contribution in [0.5, 0.6) is 0 Å². The minimum Gasteiger partial charge on any atom is -0.358 e. The minimum absolute atomic E-state index is 0.102. The molecule has 0 spiro atoms. The van der Waals surface area contributed by atoms with Crippen LogP contribution in [0.4, 0.5) is 11.6 Å². The van der Waals surface area contributed by atoms with E-state index in [2.05, 4.69) is 28.8 Å². The van der Waals surface area contributed by atoms with E-state index in [1.807, 2.05) is 17.8 Å². The van der Waals surface area contributed by atoms with Gasteiger partial charge in [0, 0.05) is 29.7 Å². The highest BCUT2D eigenvalue weighted by molar-refractivity contribution is 8.00. The Bertz CT molecular complexity index is 648. The summed E-state index contributed by atoms with van der Waals surface area (Å²) >= 11 is 1.96. The van der Waals surface area contributed by atoms with Crippen LogP contribution in [0.3, 0.4) is 0 Å². The fourth-order valence-corrected chi connectivity index (χ4v) is 3.83. The van der Waals surface area contributed by atoms with E-state index >= 15 is 0 Å². The molecule has 0 bridgehead atoms. The van der Waals surface area contributed by atoms with Gasteiger partial charge < -0.3 is 15.0 Å². The van der Waals surface area contributed by atoms with Crippen LogP contribution in [-0.4, -0.2) is 43.1 Å². The van der Waals surface area contributed by atoms with Crippen molar-refractivity contribution in [1.82, 2.24) is 14.6 Å². The summed E-state index contributed by atoms with van der Waals surface area (Å²) in [7, 11) is 0. The van der Waals surface area contributed by atoms with Gasteiger partial charge in [-0.05, 0) is 11.0 Å². The summed E-state index contributed by atoms with van der Waals surface area (Å²) in [6.45, 7) is 6.17. The van der Waals surface area contributed by atoms with E-state index in [-0.39, 0.29) is 5.82 Å². The second-order valence-electron chi connectivity index (χ2n) is 5.00. The van der Waals surface area contributed by atoms with Gasteiger partial charge in [0.15, 0.2) is 5.82 Å². The van der Waals surface area contributed by atoms with Gasteiger partial charge in [0.25, 0.3) is 0 Å². The second-order valence-corrected chi connectivity index (χ2v) is 6.88. The fraction of sp³-hybridized carbons (Fsp3) is 0.500. The molecule has 0 unspecified atom stereocenters. The van der Waals surface area contributed by atoms with Crippen molar-refractivity contribution in [2.45, 2.75) is 24.3 Å². The quantitative estimate of drug-likeness (QED) is 0.622. The van der Waals surface area contributed by atoms with Crippen LogP contribution in [0.1, 0.15) is 13.8 Å². The van der Waals surface area contributed by atoms with Crippen LogP contribution in [-0.2, 0) is 0 Å². The molecule has 0 N–H and O–H groups in total. The zero-order valence-corrected chi connectivity index (χ0v) is 12.1. The number of fused-ring (bicyclic) bond motifs is 1. The predicted octanol–water partition coefficient (Wildman–Crippen LogP) is 1.97. The SMILES string of the molecule is C[C@@H]1CN(c2ccc3ncc([N+](=O)[O-])n3n2)C[C@H](C)S1. The number of hydrogen-bond donors (Lipinski definition) is 0. The smallest absolute Gasteiger partial charge is 0.358 e. The molecule has 0 aromatic carbocycles. The summed E-state index contributed by atoms with van der Waals surface area (Å²) in [6.07, 6.45) is 1.24. The van der Waals surface area contributed by atoms with Crippen molar-refractivity contribution in [3.63, 3.8) is 0 Å². The zero-order chi connectivity index (χ0) is 14.3. The number of aromatic nitrogens is 3. The third kappa shape index (κ3) is 2.31. The van der Waals surface area contributed by atoms with E-state index in [0.29, 0.717) is 16.1 Å².